The van der Waals surface area contributed by atoms with Crippen molar-refractivity contribution < 1.29 is 13.2 Å². The zero-order valence-electron chi connectivity index (χ0n) is 11.6. The fraction of sp³-hybridized carbons (Fsp3) is 0.571. The fourth-order valence-corrected chi connectivity index (χ4v) is 4.56. The Hall–Kier alpha value is -1.11. The number of methoxy groups -OCH3 is 1. The van der Waals surface area contributed by atoms with Gasteiger partial charge in [0.05, 0.1) is 11.5 Å². The number of nitrogens with one attached hydrogen (secondary N) is 1. The van der Waals surface area contributed by atoms with E-state index in [0.29, 0.717) is 30.5 Å². The van der Waals surface area contributed by atoms with Gasteiger partial charge in [0, 0.05) is 32.4 Å². The van der Waals surface area contributed by atoms with E-state index in [9.17, 15) is 8.42 Å². The Balaban J connectivity index is 1.82. The minimum Gasteiger partial charge on any atom is -0.384 e. The molecule has 1 fully saturated rings. The van der Waals surface area contributed by atoms with Gasteiger partial charge in [-0.2, -0.15) is 4.31 Å². The molecule has 0 bridgehead atoms. The molecule has 2 aliphatic rings. The van der Waals surface area contributed by atoms with E-state index in [-0.39, 0.29) is 0 Å². The predicted molar refractivity (Wildman–Crippen MR) is 77.4 cm³/mol. The summed E-state index contributed by atoms with van der Waals surface area (Å²) in [5, 5.41) is 3.25. The summed E-state index contributed by atoms with van der Waals surface area (Å²) >= 11 is 0. The molecule has 1 N–H and O–H groups in total. The average molecular weight is 296 g/mol. The summed E-state index contributed by atoms with van der Waals surface area (Å²) < 4.78 is 32.0. The van der Waals surface area contributed by atoms with Crippen LogP contribution in [0.15, 0.2) is 23.1 Å². The Bertz CT molecular complexity index is 600. The highest BCUT2D eigenvalue weighted by molar-refractivity contribution is 7.89. The van der Waals surface area contributed by atoms with Gasteiger partial charge in [-0.15, -0.1) is 0 Å². The summed E-state index contributed by atoms with van der Waals surface area (Å²) in [5.41, 5.74) is 2.15. The zero-order valence-corrected chi connectivity index (χ0v) is 12.4. The first-order chi connectivity index (χ1) is 9.61. The maximum Gasteiger partial charge on any atom is 0.243 e. The summed E-state index contributed by atoms with van der Waals surface area (Å²) in [6, 6.07) is 5.39. The molecule has 1 atom stereocenters. The van der Waals surface area contributed by atoms with Crippen molar-refractivity contribution in [3.63, 3.8) is 0 Å². The van der Waals surface area contributed by atoms with Crippen molar-refractivity contribution in [3.8, 4) is 0 Å². The molecule has 1 saturated heterocycles. The van der Waals surface area contributed by atoms with Crippen LogP contribution in [-0.2, 0) is 21.2 Å². The van der Waals surface area contributed by atoms with Crippen molar-refractivity contribution in [1.29, 1.82) is 0 Å². The molecule has 0 aromatic heterocycles. The fourth-order valence-electron chi connectivity index (χ4n) is 2.98. The lowest BCUT2D eigenvalue weighted by molar-refractivity contribution is 0.157. The number of sulfonamides is 1. The second-order valence-corrected chi connectivity index (χ2v) is 7.41. The van der Waals surface area contributed by atoms with Gasteiger partial charge in [0.25, 0.3) is 0 Å². The van der Waals surface area contributed by atoms with Crippen LogP contribution in [0.4, 0.5) is 5.69 Å². The Kier molecular flexibility index (Phi) is 3.70. The summed E-state index contributed by atoms with van der Waals surface area (Å²) in [6.45, 7) is 2.66. The van der Waals surface area contributed by atoms with Crippen molar-refractivity contribution in [2.75, 3.05) is 38.7 Å². The zero-order chi connectivity index (χ0) is 14.2. The number of ether oxygens (including phenoxy) is 1. The van der Waals surface area contributed by atoms with Crippen LogP contribution in [0.5, 0.6) is 0 Å². The van der Waals surface area contributed by atoms with Gasteiger partial charge < -0.3 is 10.1 Å². The van der Waals surface area contributed by atoms with Gasteiger partial charge in [-0.05, 0) is 42.5 Å². The van der Waals surface area contributed by atoms with Gasteiger partial charge in [0.1, 0.15) is 0 Å². The van der Waals surface area contributed by atoms with Gasteiger partial charge in [-0.25, -0.2) is 8.42 Å². The number of benzene rings is 1. The van der Waals surface area contributed by atoms with Gasteiger partial charge in [0.2, 0.25) is 10.0 Å². The Morgan fingerprint density at radius 3 is 3.10 bits per heavy atom. The van der Waals surface area contributed by atoms with Crippen LogP contribution in [0.3, 0.4) is 0 Å². The number of hydrogen-bond donors (Lipinski definition) is 1. The highest BCUT2D eigenvalue weighted by Gasteiger charge is 2.32. The van der Waals surface area contributed by atoms with E-state index < -0.39 is 10.0 Å². The summed E-state index contributed by atoms with van der Waals surface area (Å²) in [7, 11) is -1.70. The average Bonchev–Trinajstić information content (AvgIpc) is 3.06. The van der Waals surface area contributed by atoms with Crippen molar-refractivity contribution in [1.82, 2.24) is 4.31 Å². The molecule has 20 heavy (non-hydrogen) atoms. The first kappa shape index (κ1) is 13.9. The number of fused-ring (bicyclic) bond motifs is 1. The van der Waals surface area contributed by atoms with Crippen LogP contribution in [0.1, 0.15) is 12.0 Å². The maximum absolute atomic E-state index is 12.6. The van der Waals surface area contributed by atoms with Crippen LogP contribution < -0.4 is 5.32 Å². The quantitative estimate of drug-likeness (QED) is 0.910. The van der Waals surface area contributed by atoms with Crippen LogP contribution in [-0.4, -0.2) is 46.1 Å². The Morgan fingerprint density at radius 1 is 1.45 bits per heavy atom. The molecule has 2 heterocycles. The Morgan fingerprint density at radius 2 is 2.30 bits per heavy atom. The van der Waals surface area contributed by atoms with Crippen molar-refractivity contribution in [3.05, 3.63) is 23.8 Å². The molecule has 1 aromatic carbocycles. The first-order valence-corrected chi connectivity index (χ1v) is 8.41. The third-order valence-corrected chi connectivity index (χ3v) is 5.94. The second kappa shape index (κ2) is 5.35. The van der Waals surface area contributed by atoms with E-state index in [4.69, 9.17) is 4.74 Å². The maximum atomic E-state index is 12.6. The molecule has 0 saturated carbocycles. The molecule has 5 nitrogen and oxygen atoms in total. The van der Waals surface area contributed by atoms with Gasteiger partial charge in [-0.3, -0.25) is 0 Å². The minimum absolute atomic E-state index is 0.311. The van der Waals surface area contributed by atoms with Crippen molar-refractivity contribution in [2.24, 2.45) is 5.92 Å². The molecule has 0 aliphatic carbocycles. The van der Waals surface area contributed by atoms with Crippen molar-refractivity contribution in [2.45, 2.75) is 17.7 Å². The van der Waals surface area contributed by atoms with E-state index in [1.54, 1.807) is 17.5 Å². The first-order valence-electron chi connectivity index (χ1n) is 6.97. The van der Waals surface area contributed by atoms with Gasteiger partial charge in [0.15, 0.2) is 0 Å². The molecule has 3 rings (SSSR count). The Labute approximate surface area is 120 Å². The summed E-state index contributed by atoms with van der Waals surface area (Å²) in [4.78, 5) is 0.415. The van der Waals surface area contributed by atoms with Gasteiger partial charge in [-0.1, -0.05) is 0 Å². The molecule has 0 radical (unpaired) electrons. The third-order valence-electron chi connectivity index (χ3n) is 4.08. The summed E-state index contributed by atoms with van der Waals surface area (Å²) in [6.07, 6.45) is 1.77. The molecule has 2 aliphatic heterocycles. The number of anilines is 1. The molecule has 1 aromatic rings. The van der Waals surface area contributed by atoms with Crippen LogP contribution in [0.2, 0.25) is 0 Å². The number of hydrogen-bond acceptors (Lipinski definition) is 4. The third kappa shape index (κ3) is 2.43. The molecule has 110 valence electrons. The highest BCUT2D eigenvalue weighted by Crippen LogP contribution is 2.29. The summed E-state index contributed by atoms with van der Waals surface area (Å²) in [5.74, 6) is 0.311. The normalized spacial score (nSPS) is 22.8. The van der Waals surface area contributed by atoms with Crippen LogP contribution in [0, 0.1) is 5.92 Å². The molecule has 6 heteroatoms. The molecular formula is C14H20N2O3S. The molecular weight excluding hydrogens is 276 g/mol. The van der Waals surface area contributed by atoms with Gasteiger partial charge >= 0.3 is 0 Å². The second-order valence-electron chi connectivity index (χ2n) is 5.47. The molecule has 0 spiro atoms. The molecule has 0 amide bonds. The van der Waals surface area contributed by atoms with E-state index in [0.717, 1.165) is 30.6 Å². The van der Waals surface area contributed by atoms with E-state index in [1.807, 2.05) is 12.1 Å². The van der Waals surface area contributed by atoms with E-state index in [2.05, 4.69) is 5.32 Å². The monoisotopic (exact) mass is 296 g/mol. The number of rotatable bonds is 4. The van der Waals surface area contributed by atoms with Crippen LogP contribution in [0.25, 0.3) is 0 Å². The smallest absolute Gasteiger partial charge is 0.243 e. The standard InChI is InChI=1S/C14H20N2O3S/c1-19-10-11-5-7-16(9-11)20(17,18)13-2-3-14-12(8-13)4-6-15-14/h2-3,8,11,15H,4-7,9-10H2,1H3. The van der Waals surface area contributed by atoms with E-state index >= 15 is 0 Å². The lowest BCUT2D eigenvalue weighted by Gasteiger charge is -2.17. The van der Waals surface area contributed by atoms with E-state index in [1.165, 1.54) is 0 Å². The predicted octanol–water partition coefficient (Wildman–Crippen LogP) is 1.31. The lowest BCUT2D eigenvalue weighted by atomic mass is 10.1. The largest absolute Gasteiger partial charge is 0.384 e. The van der Waals surface area contributed by atoms with Crippen LogP contribution >= 0.6 is 0 Å². The highest BCUT2D eigenvalue weighted by atomic mass is 32.2. The minimum atomic E-state index is -3.36. The SMILES string of the molecule is COCC1CCN(S(=O)(=O)c2ccc3c(c2)CCN3)C1. The molecule has 1 unspecified atom stereocenters. The topological polar surface area (TPSA) is 58.6 Å². The van der Waals surface area contributed by atoms with Crippen molar-refractivity contribution >= 4 is 15.7 Å². The lowest BCUT2D eigenvalue weighted by Crippen LogP contribution is -2.29. The number of nitrogens with zero attached hydrogens (tertiary/aromatic N) is 1.